The first kappa shape index (κ1) is 13.4. The molecule has 1 aliphatic rings. The zero-order valence-electron chi connectivity index (χ0n) is 11.9. The number of aliphatic hydroxyl groups excluding tert-OH is 1. The highest BCUT2D eigenvalue weighted by atomic mass is 16.3. The lowest BCUT2D eigenvalue weighted by atomic mass is 9.86. The van der Waals surface area contributed by atoms with Crippen molar-refractivity contribution in [2.75, 3.05) is 24.6 Å². The highest BCUT2D eigenvalue weighted by molar-refractivity contribution is 5.56. The van der Waals surface area contributed by atoms with E-state index in [4.69, 9.17) is 0 Å². The molecular weight excluding hydrogens is 222 g/mol. The lowest BCUT2D eigenvalue weighted by molar-refractivity contribution is 0.142. The number of hydrogen-bond acceptors (Lipinski definition) is 2. The molecule has 0 saturated heterocycles. The molecule has 0 bridgehead atoms. The Kier molecular flexibility index (Phi) is 3.96. The quantitative estimate of drug-likeness (QED) is 0.883. The Hall–Kier alpha value is -1.02. The summed E-state index contributed by atoms with van der Waals surface area (Å²) in [5.41, 5.74) is 4.20. The van der Waals surface area contributed by atoms with Crippen LogP contribution in [-0.4, -0.2) is 24.8 Å². The number of aryl methyl sites for hydroxylation is 2. The Morgan fingerprint density at radius 1 is 1.39 bits per heavy atom. The van der Waals surface area contributed by atoms with E-state index in [-0.39, 0.29) is 12.0 Å². The summed E-state index contributed by atoms with van der Waals surface area (Å²) in [5, 5.41) is 9.58. The van der Waals surface area contributed by atoms with E-state index in [1.54, 1.807) is 0 Å². The maximum absolute atomic E-state index is 9.58. The number of nitrogens with zero attached hydrogens (tertiary/aromatic N) is 1. The number of benzene rings is 1. The van der Waals surface area contributed by atoms with E-state index in [0.29, 0.717) is 0 Å². The van der Waals surface area contributed by atoms with Crippen molar-refractivity contribution in [3.63, 3.8) is 0 Å². The molecule has 1 heterocycles. The second-order valence-corrected chi connectivity index (χ2v) is 5.98. The van der Waals surface area contributed by atoms with Crippen LogP contribution >= 0.6 is 0 Å². The molecular formula is C16H25NO. The van der Waals surface area contributed by atoms with Crippen LogP contribution in [0.2, 0.25) is 0 Å². The molecule has 0 aliphatic carbocycles. The minimum absolute atomic E-state index is 0.0134. The number of fused-ring (bicyclic) bond motifs is 1. The molecule has 0 saturated carbocycles. The SMILES string of the molecule is CCC(C)(CO)CN1CCCc2cc(C)ccc21. The second-order valence-electron chi connectivity index (χ2n) is 5.98. The van der Waals surface area contributed by atoms with Gasteiger partial charge in [0.2, 0.25) is 0 Å². The Morgan fingerprint density at radius 2 is 2.17 bits per heavy atom. The van der Waals surface area contributed by atoms with Gasteiger partial charge in [-0.2, -0.15) is 0 Å². The van der Waals surface area contributed by atoms with Crippen molar-refractivity contribution in [2.24, 2.45) is 5.41 Å². The smallest absolute Gasteiger partial charge is 0.0501 e. The lowest BCUT2D eigenvalue weighted by Crippen LogP contribution is -2.40. The summed E-state index contributed by atoms with van der Waals surface area (Å²) in [6.07, 6.45) is 3.43. The number of hydrogen-bond donors (Lipinski definition) is 1. The fraction of sp³-hybridized carbons (Fsp3) is 0.625. The fourth-order valence-electron chi connectivity index (χ4n) is 2.70. The maximum Gasteiger partial charge on any atom is 0.0501 e. The van der Waals surface area contributed by atoms with Gasteiger partial charge in [0.15, 0.2) is 0 Å². The van der Waals surface area contributed by atoms with Gasteiger partial charge in [0.1, 0.15) is 0 Å². The number of rotatable bonds is 4. The van der Waals surface area contributed by atoms with E-state index in [1.165, 1.54) is 29.7 Å². The van der Waals surface area contributed by atoms with Crippen LogP contribution in [0.3, 0.4) is 0 Å². The number of aliphatic hydroxyl groups is 1. The lowest BCUT2D eigenvalue weighted by Gasteiger charge is -2.38. The first-order chi connectivity index (χ1) is 8.58. The molecule has 1 N–H and O–H groups in total. The second kappa shape index (κ2) is 5.31. The average Bonchev–Trinajstić information content (AvgIpc) is 2.38. The van der Waals surface area contributed by atoms with Gasteiger partial charge in [0.05, 0.1) is 6.61 Å². The molecule has 2 nitrogen and oxygen atoms in total. The summed E-state index contributed by atoms with van der Waals surface area (Å²) in [4.78, 5) is 2.46. The summed E-state index contributed by atoms with van der Waals surface area (Å²) in [7, 11) is 0. The van der Waals surface area contributed by atoms with E-state index < -0.39 is 0 Å². The van der Waals surface area contributed by atoms with Crippen LogP contribution in [0.1, 0.15) is 37.8 Å². The predicted molar refractivity (Wildman–Crippen MR) is 77.2 cm³/mol. The molecule has 2 rings (SSSR count). The van der Waals surface area contributed by atoms with E-state index in [9.17, 15) is 5.11 Å². The summed E-state index contributed by atoms with van der Waals surface area (Å²) < 4.78 is 0. The largest absolute Gasteiger partial charge is 0.396 e. The highest BCUT2D eigenvalue weighted by Crippen LogP contribution is 2.31. The third kappa shape index (κ3) is 2.69. The van der Waals surface area contributed by atoms with E-state index in [1.807, 2.05) is 0 Å². The van der Waals surface area contributed by atoms with Gasteiger partial charge >= 0.3 is 0 Å². The van der Waals surface area contributed by atoms with E-state index in [2.05, 4.69) is 43.9 Å². The molecule has 1 aliphatic heterocycles. The van der Waals surface area contributed by atoms with Gasteiger partial charge in [0, 0.05) is 24.2 Å². The monoisotopic (exact) mass is 247 g/mol. The molecule has 1 atom stereocenters. The summed E-state index contributed by atoms with van der Waals surface area (Å²) in [5.74, 6) is 0. The first-order valence-corrected chi connectivity index (χ1v) is 7.03. The third-order valence-electron chi connectivity index (χ3n) is 4.26. The van der Waals surface area contributed by atoms with Crippen molar-refractivity contribution in [2.45, 2.75) is 40.0 Å². The van der Waals surface area contributed by atoms with E-state index in [0.717, 1.165) is 19.5 Å². The van der Waals surface area contributed by atoms with Gasteiger partial charge in [-0.1, -0.05) is 31.5 Å². The van der Waals surface area contributed by atoms with Crippen molar-refractivity contribution >= 4 is 5.69 Å². The van der Waals surface area contributed by atoms with Gasteiger partial charge in [-0.15, -0.1) is 0 Å². The van der Waals surface area contributed by atoms with Gasteiger partial charge in [-0.05, 0) is 37.8 Å². The highest BCUT2D eigenvalue weighted by Gasteiger charge is 2.27. The summed E-state index contributed by atoms with van der Waals surface area (Å²) in [6, 6.07) is 6.75. The van der Waals surface area contributed by atoms with Crippen LogP contribution in [0, 0.1) is 12.3 Å². The molecule has 0 radical (unpaired) electrons. The zero-order chi connectivity index (χ0) is 13.2. The maximum atomic E-state index is 9.58. The Balaban J connectivity index is 2.22. The van der Waals surface area contributed by atoms with Crippen molar-refractivity contribution < 1.29 is 5.11 Å². The van der Waals surface area contributed by atoms with Crippen LogP contribution in [0.4, 0.5) is 5.69 Å². The predicted octanol–water partition coefficient (Wildman–Crippen LogP) is 3.16. The van der Waals surface area contributed by atoms with Crippen LogP contribution in [0.5, 0.6) is 0 Å². The molecule has 1 aromatic rings. The minimum atomic E-state index is 0.0134. The Morgan fingerprint density at radius 3 is 2.83 bits per heavy atom. The molecule has 1 unspecified atom stereocenters. The van der Waals surface area contributed by atoms with Crippen molar-refractivity contribution in [3.05, 3.63) is 29.3 Å². The van der Waals surface area contributed by atoms with Gasteiger partial charge < -0.3 is 10.0 Å². The minimum Gasteiger partial charge on any atom is -0.396 e. The van der Waals surface area contributed by atoms with Gasteiger partial charge in [-0.25, -0.2) is 0 Å². The fourth-order valence-corrected chi connectivity index (χ4v) is 2.70. The Bertz CT molecular complexity index is 410. The molecule has 1 aromatic carbocycles. The number of anilines is 1. The zero-order valence-corrected chi connectivity index (χ0v) is 11.9. The van der Waals surface area contributed by atoms with Crippen LogP contribution in [0.15, 0.2) is 18.2 Å². The topological polar surface area (TPSA) is 23.5 Å². The summed E-state index contributed by atoms with van der Waals surface area (Å²) >= 11 is 0. The standard InChI is InChI=1S/C16H25NO/c1-4-16(3,12-18)11-17-9-5-6-14-10-13(2)7-8-15(14)17/h7-8,10,18H,4-6,9,11-12H2,1-3H3. The molecule has 100 valence electrons. The normalized spacial score (nSPS) is 18.3. The van der Waals surface area contributed by atoms with Gasteiger partial charge in [0.25, 0.3) is 0 Å². The molecule has 18 heavy (non-hydrogen) atoms. The van der Waals surface area contributed by atoms with Crippen LogP contribution in [-0.2, 0) is 6.42 Å². The van der Waals surface area contributed by atoms with E-state index >= 15 is 0 Å². The van der Waals surface area contributed by atoms with Crippen LogP contribution in [0.25, 0.3) is 0 Å². The molecule has 0 spiro atoms. The third-order valence-corrected chi connectivity index (χ3v) is 4.26. The molecule has 0 aromatic heterocycles. The molecule has 2 heteroatoms. The van der Waals surface area contributed by atoms with Crippen LogP contribution < -0.4 is 4.90 Å². The van der Waals surface area contributed by atoms with Gasteiger partial charge in [-0.3, -0.25) is 0 Å². The van der Waals surface area contributed by atoms with Crippen molar-refractivity contribution in [3.8, 4) is 0 Å². The Labute approximate surface area is 111 Å². The summed E-state index contributed by atoms with van der Waals surface area (Å²) in [6.45, 7) is 8.83. The van der Waals surface area contributed by atoms with Crippen molar-refractivity contribution in [1.29, 1.82) is 0 Å². The van der Waals surface area contributed by atoms with Crippen molar-refractivity contribution in [1.82, 2.24) is 0 Å². The molecule has 0 amide bonds. The molecule has 0 fully saturated rings. The first-order valence-electron chi connectivity index (χ1n) is 7.03. The average molecular weight is 247 g/mol.